The molecule has 2 aromatic carbocycles. The maximum Gasteiger partial charge on any atom is 0.136 e. The van der Waals surface area contributed by atoms with Gasteiger partial charge < -0.3 is 0 Å². The molecule has 118 valence electrons. The molecule has 0 aromatic heterocycles. The first kappa shape index (κ1) is 14.6. The average molecular weight is 304 g/mol. The number of benzene rings is 2. The first-order valence-corrected chi connectivity index (χ1v) is 8.94. The normalized spacial score (nSPS) is 26.3. The van der Waals surface area contributed by atoms with E-state index in [1.165, 1.54) is 49.7 Å². The fourth-order valence-electron chi connectivity index (χ4n) is 4.42. The van der Waals surface area contributed by atoms with Crippen LogP contribution in [0.2, 0.25) is 0 Å². The van der Waals surface area contributed by atoms with Crippen molar-refractivity contribution in [2.75, 3.05) is 0 Å². The van der Waals surface area contributed by atoms with Crippen LogP contribution in [-0.2, 0) is 5.54 Å². The zero-order chi connectivity index (χ0) is 15.5. The van der Waals surface area contributed by atoms with Gasteiger partial charge >= 0.3 is 0 Å². The molecule has 0 spiro atoms. The first-order valence-electron chi connectivity index (χ1n) is 8.94. The Balaban J connectivity index is 1.85. The van der Waals surface area contributed by atoms with Gasteiger partial charge in [-0.2, -0.15) is 10.2 Å². The fourth-order valence-corrected chi connectivity index (χ4v) is 4.42. The predicted molar refractivity (Wildman–Crippen MR) is 93.5 cm³/mol. The molecule has 0 unspecified atom stereocenters. The molecule has 1 aliphatic heterocycles. The monoisotopic (exact) mass is 304 g/mol. The highest BCUT2D eigenvalue weighted by molar-refractivity contribution is 5.41. The Labute approximate surface area is 138 Å². The molecule has 2 aliphatic rings. The molecule has 2 aromatic rings. The van der Waals surface area contributed by atoms with Gasteiger partial charge in [-0.25, -0.2) is 0 Å². The number of hydrogen-bond acceptors (Lipinski definition) is 2. The summed E-state index contributed by atoms with van der Waals surface area (Å²) in [4.78, 5) is 0. The van der Waals surface area contributed by atoms with E-state index < -0.39 is 0 Å². The van der Waals surface area contributed by atoms with E-state index in [4.69, 9.17) is 10.2 Å². The summed E-state index contributed by atoms with van der Waals surface area (Å²) >= 11 is 0. The van der Waals surface area contributed by atoms with Crippen LogP contribution in [0, 0.1) is 5.92 Å². The molecule has 0 bridgehead atoms. The summed E-state index contributed by atoms with van der Waals surface area (Å²) in [5, 5.41) is 9.75. The second-order valence-corrected chi connectivity index (χ2v) is 6.88. The van der Waals surface area contributed by atoms with Crippen LogP contribution in [0.5, 0.6) is 0 Å². The Bertz CT molecular complexity index is 623. The molecule has 2 heteroatoms. The molecule has 1 heterocycles. The highest BCUT2D eigenvalue weighted by Crippen LogP contribution is 2.51. The van der Waals surface area contributed by atoms with E-state index in [-0.39, 0.29) is 5.54 Å². The Hall–Kier alpha value is -1.96. The number of fused-ring (bicyclic) bond motifs is 1. The van der Waals surface area contributed by atoms with Crippen molar-refractivity contribution in [2.45, 2.75) is 50.1 Å². The number of hydrogen-bond donors (Lipinski definition) is 0. The lowest BCUT2D eigenvalue weighted by molar-refractivity contribution is 0.275. The van der Waals surface area contributed by atoms with E-state index in [9.17, 15) is 0 Å². The van der Waals surface area contributed by atoms with Crippen molar-refractivity contribution in [3.63, 3.8) is 0 Å². The van der Waals surface area contributed by atoms with Crippen molar-refractivity contribution in [3.8, 4) is 0 Å². The van der Waals surface area contributed by atoms with E-state index in [1.807, 2.05) is 0 Å². The Morgan fingerprint density at radius 1 is 0.696 bits per heavy atom. The predicted octanol–water partition coefficient (Wildman–Crippen LogP) is 5.74. The van der Waals surface area contributed by atoms with Crippen LogP contribution in [0.15, 0.2) is 70.9 Å². The van der Waals surface area contributed by atoms with Crippen molar-refractivity contribution in [1.82, 2.24) is 0 Å². The molecule has 1 aliphatic carbocycles. The lowest BCUT2D eigenvalue weighted by atomic mass is 9.68. The second-order valence-electron chi connectivity index (χ2n) is 6.88. The molecule has 23 heavy (non-hydrogen) atoms. The van der Waals surface area contributed by atoms with Crippen LogP contribution in [0.3, 0.4) is 0 Å². The quantitative estimate of drug-likeness (QED) is 0.676. The van der Waals surface area contributed by atoms with Crippen LogP contribution in [0.1, 0.15) is 49.7 Å². The van der Waals surface area contributed by atoms with E-state index in [0.717, 1.165) is 0 Å². The van der Waals surface area contributed by atoms with Crippen LogP contribution in [-0.4, -0.2) is 6.04 Å². The summed E-state index contributed by atoms with van der Waals surface area (Å²) in [6.45, 7) is 0. The second kappa shape index (κ2) is 6.27. The molecular formula is C21H24N2. The topological polar surface area (TPSA) is 24.7 Å². The van der Waals surface area contributed by atoms with Gasteiger partial charge in [0.1, 0.15) is 5.54 Å². The van der Waals surface area contributed by atoms with Crippen molar-refractivity contribution in [3.05, 3.63) is 71.8 Å². The number of rotatable bonds is 2. The van der Waals surface area contributed by atoms with Gasteiger partial charge in [0.2, 0.25) is 0 Å². The van der Waals surface area contributed by atoms with Crippen molar-refractivity contribution in [2.24, 2.45) is 16.1 Å². The molecule has 1 fully saturated rings. The summed E-state index contributed by atoms with van der Waals surface area (Å²) in [7, 11) is 0. The molecule has 0 amide bonds. The van der Waals surface area contributed by atoms with Gasteiger partial charge in [-0.1, -0.05) is 86.3 Å². The minimum atomic E-state index is -0.287. The number of azo groups is 1. The summed E-state index contributed by atoms with van der Waals surface area (Å²) in [6, 6.07) is 22.0. The van der Waals surface area contributed by atoms with Crippen molar-refractivity contribution >= 4 is 0 Å². The third-order valence-electron chi connectivity index (χ3n) is 5.56. The van der Waals surface area contributed by atoms with Crippen LogP contribution >= 0.6 is 0 Å². The first-order chi connectivity index (χ1) is 11.4. The Morgan fingerprint density at radius 3 is 1.87 bits per heavy atom. The highest BCUT2D eigenvalue weighted by atomic mass is 15.2. The van der Waals surface area contributed by atoms with Gasteiger partial charge in [0.15, 0.2) is 0 Å². The molecule has 2 nitrogen and oxygen atoms in total. The molecule has 2 atom stereocenters. The van der Waals surface area contributed by atoms with E-state index in [1.54, 1.807) is 0 Å². The SMILES string of the molecule is c1ccc(C2(c3ccccc3)N=N[C@H]3CCCCCC[C@H]32)cc1. The van der Waals surface area contributed by atoms with E-state index in [2.05, 4.69) is 60.7 Å². The van der Waals surface area contributed by atoms with Crippen LogP contribution in [0.25, 0.3) is 0 Å². The highest BCUT2D eigenvalue weighted by Gasteiger charge is 2.49. The van der Waals surface area contributed by atoms with E-state index >= 15 is 0 Å². The zero-order valence-corrected chi connectivity index (χ0v) is 13.6. The zero-order valence-electron chi connectivity index (χ0n) is 13.6. The average Bonchev–Trinajstić information content (AvgIpc) is 2.95. The summed E-state index contributed by atoms with van der Waals surface area (Å²) < 4.78 is 0. The van der Waals surface area contributed by atoms with Crippen molar-refractivity contribution < 1.29 is 0 Å². The molecule has 0 saturated heterocycles. The van der Waals surface area contributed by atoms with E-state index in [0.29, 0.717) is 12.0 Å². The summed E-state index contributed by atoms with van der Waals surface area (Å²) in [6.07, 6.45) is 7.70. The molecular weight excluding hydrogens is 280 g/mol. The Morgan fingerprint density at radius 2 is 1.26 bits per heavy atom. The third kappa shape index (κ3) is 2.50. The largest absolute Gasteiger partial charge is 0.189 e. The van der Waals surface area contributed by atoms with Crippen molar-refractivity contribution in [1.29, 1.82) is 0 Å². The number of nitrogens with zero attached hydrogens (tertiary/aromatic N) is 2. The molecule has 4 rings (SSSR count). The molecule has 1 saturated carbocycles. The van der Waals surface area contributed by atoms with Gasteiger partial charge in [-0.05, 0) is 24.0 Å². The van der Waals surface area contributed by atoms with Gasteiger partial charge in [0, 0.05) is 5.92 Å². The molecule has 0 N–H and O–H groups in total. The lowest BCUT2D eigenvalue weighted by Gasteiger charge is -2.36. The lowest BCUT2D eigenvalue weighted by Crippen LogP contribution is -2.37. The van der Waals surface area contributed by atoms with Crippen LogP contribution in [0.4, 0.5) is 0 Å². The minimum Gasteiger partial charge on any atom is -0.189 e. The van der Waals surface area contributed by atoms with Gasteiger partial charge in [-0.3, -0.25) is 0 Å². The maximum absolute atomic E-state index is 4.96. The standard InChI is InChI=1S/C21H24N2/c1-2-10-16-20-19(15-9-1)21(23-22-20,17-11-5-3-6-12-17)18-13-7-4-8-14-18/h3-8,11-14,19-20H,1-2,9-10,15-16H2/t19-,20+/m1/s1. The molecule has 0 radical (unpaired) electrons. The summed E-state index contributed by atoms with van der Waals surface area (Å²) in [5.74, 6) is 0.493. The smallest absolute Gasteiger partial charge is 0.136 e. The van der Waals surface area contributed by atoms with Gasteiger partial charge in [0.05, 0.1) is 6.04 Å². The van der Waals surface area contributed by atoms with Gasteiger partial charge in [-0.15, -0.1) is 0 Å². The fraction of sp³-hybridized carbons (Fsp3) is 0.429. The van der Waals surface area contributed by atoms with Gasteiger partial charge in [0.25, 0.3) is 0 Å². The summed E-state index contributed by atoms with van der Waals surface area (Å²) in [5.41, 5.74) is 2.30. The minimum absolute atomic E-state index is 0.287. The third-order valence-corrected chi connectivity index (χ3v) is 5.56. The maximum atomic E-state index is 4.96. The van der Waals surface area contributed by atoms with Crippen LogP contribution < -0.4 is 0 Å². The Kier molecular flexibility index (Phi) is 3.99.